The van der Waals surface area contributed by atoms with Gasteiger partial charge < -0.3 is 19.9 Å². The van der Waals surface area contributed by atoms with Gasteiger partial charge in [-0.15, -0.1) is 34.2 Å². The molecule has 2 heterocycles. The molecule has 1 spiro atoms. The summed E-state index contributed by atoms with van der Waals surface area (Å²) in [5.41, 5.74) is 0.333. The molecule has 25 heavy (non-hydrogen) atoms. The van der Waals surface area contributed by atoms with Gasteiger partial charge >= 0.3 is 0 Å². The van der Waals surface area contributed by atoms with Gasteiger partial charge in [-0.1, -0.05) is 12.8 Å². The third kappa shape index (κ3) is 3.05. The van der Waals surface area contributed by atoms with Crippen molar-refractivity contribution in [3.63, 3.8) is 0 Å². The second-order valence-electron chi connectivity index (χ2n) is 7.45. The lowest BCUT2D eigenvalue weighted by atomic mass is 9.54. The molecule has 2 saturated carbocycles. The molecule has 3 aliphatic rings. The van der Waals surface area contributed by atoms with E-state index in [1.165, 1.54) is 32.1 Å². The van der Waals surface area contributed by atoms with E-state index in [1.54, 1.807) is 0 Å². The van der Waals surface area contributed by atoms with Crippen molar-refractivity contribution in [3.8, 4) is 0 Å². The summed E-state index contributed by atoms with van der Waals surface area (Å²) in [6.07, 6.45) is 6.86. The molecule has 1 aliphatic heterocycles. The third-order valence-corrected chi connectivity index (χ3v) is 6.40. The maximum Gasteiger partial charge on any atom is 0.191 e. The minimum absolute atomic E-state index is 0. The first-order chi connectivity index (χ1) is 11.7. The van der Waals surface area contributed by atoms with Gasteiger partial charge in [-0.3, -0.25) is 4.99 Å². The molecular weight excluding hydrogens is 431 g/mol. The zero-order valence-electron chi connectivity index (χ0n) is 15.3. The van der Waals surface area contributed by atoms with Crippen molar-refractivity contribution in [3.05, 3.63) is 11.6 Å². The van der Waals surface area contributed by atoms with Crippen LogP contribution in [0.25, 0.3) is 0 Å². The highest BCUT2D eigenvalue weighted by Crippen LogP contribution is 2.60. The number of rotatable bonds is 3. The van der Waals surface area contributed by atoms with Crippen molar-refractivity contribution < 1.29 is 4.74 Å². The average molecular weight is 460 g/mol. The van der Waals surface area contributed by atoms with E-state index in [0.29, 0.717) is 30.0 Å². The SMILES string of the molecule is CN=C(NCc1nnc(C)n1C)NC1C2CCOC2C12CCCC2.I. The quantitative estimate of drug-likeness (QED) is 0.409. The number of hydrogen-bond acceptors (Lipinski definition) is 4. The highest BCUT2D eigenvalue weighted by Gasteiger charge is 2.65. The Morgan fingerprint density at radius 3 is 2.76 bits per heavy atom. The summed E-state index contributed by atoms with van der Waals surface area (Å²) in [7, 11) is 3.82. The van der Waals surface area contributed by atoms with Gasteiger partial charge in [0, 0.05) is 38.1 Å². The van der Waals surface area contributed by atoms with Gasteiger partial charge in [-0.25, -0.2) is 0 Å². The highest BCUT2D eigenvalue weighted by atomic mass is 127. The minimum Gasteiger partial charge on any atom is -0.377 e. The Morgan fingerprint density at radius 1 is 1.36 bits per heavy atom. The first-order valence-corrected chi connectivity index (χ1v) is 9.09. The molecule has 3 unspecified atom stereocenters. The molecule has 3 fully saturated rings. The van der Waals surface area contributed by atoms with E-state index >= 15 is 0 Å². The van der Waals surface area contributed by atoms with Crippen molar-refractivity contribution in [2.45, 2.75) is 57.7 Å². The van der Waals surface area contributed by atoms with Gasteiger partial charge in [0.2, 0.25) is 0 Å². The van der Waals surface area contributed by atoms with Crippen LogP contribution in [0.2, 0.25) is 0 Å². The molecule has 140 valence electrons. The number of fused-ring (bicyclic) bond motifs is 2. The monoisotopic (exact) mass is 460 g/mol. The van der Waals surface area contributed by atoms with Gasteiger partial charge in [0.05, 0.1) is 12.6 Å². The fourth-order valence-electron chi connectivity index (χ4n) is 5.01. The van der Waals surface area contributed by atoms with Crippen LogP contribution >= 0.6 is 24.0 Å². The molecule has 1 aromatic heterocycles. The van der Waals surface area contributed by atoms with Gasteiger partial charge in [-0.2, -0.15) is 0 Å². The van der Waals surface area contributed by atoms with Crippen LogP contribution in [0.15, 0.2) is 4.99 Å². The van der Waals surface area contributed by atoms with E-state index in [-0.39, 0.29) is 24.0 Å². The van der Waals surface area contributed by atoms with Crippen LogP contribution in [0.5, 0.6) is 0 Å². The fourth-order valence-corrected chi connectivity index (χ4v) is 5.01. The summed E-state index contributed by atoms with van der Waals surface area (Å²) in [6, 6.07) is 0.486. The second kappa shape index (κ2) is 7.38. The number of aliphatic imine (C=N–C) groups is 1. The topological polar surface area (TPSA) is 76.4 Å². The van der Waals surface area contributed by atoms with Crippen LogP contribution < -0.4 is 10.6 Å². The Labute approximate surface area is 166 Å². The zero-order chi connectivity index (χ0) is 16.7. The first kappa shape index (κ1) is 18.9. The molecule has 7 nitrogen and oxygen atoms in total. The predicted octanol–water partition coefficient (Wildman–Crippen LogP) is 1.75. The Morgan fingerprint density at radius 2 is 2.12 bits per heavy atom. The number of aromatic nitrogens is 3. The zero-order valence-corrected chi connectivity index (χ0v) is 17.6. The number of guanidine groups is 1. The lowest BCUT2D eigenvalue weighted by molar-refractivity contribution is -0.125. The molecule has 0 radical (unpaired) electrons. The Kier molecular flexibility index (Phi) is 5.57. The average Bonchev–Trinajstić information content (AvgIpc) is 3.30. The largest absolute Gasteiger partial charge is 0.377 e. The van der Waals surface area contributed by atoms with Gasteiger partial charge in [0.15, 0.2) is 11.8 Å². The number of hydrogen-bond donors (Lipinski definition) is 2. The summed E-state index contributed by atoms with van der Waals surface area (Å²) in [5, 5.41) is 15.4. The van der Waals surface area contributed by atoms with Crippen LogP contribution in [0.3, 0.4) is 0 Å². The van der Waals surface area contributed by atoms with Gasteiger partial charge in [-0.05, 0) is 26.2 Å². The second-order valence-corrected chi connectivity index (χ2v) is 7.45. The van der Waals surface area contributed by atoms with E-state index in [0.717, 1.165) is 24.2 Å². The molecule has 1 saturated heterocycles. The Balaban J connectivity index is 0.00000182. The third-order valence-electron chi connectivity index (χ3n) is 6.40. The predicted molar refractivity (Wildman–Crippen MR) is 107 cm³/mol. The standard InChI is InChI=1S/C17H28N6O.HI/c1-11-21-22-13(23(11)3)10-19-16(18-2)20-14-12-6-9-24-15(12)17(14)7-4-5-8-17;/h12,14-15H,4-10H2,1-3H3,(H2,18,19,20);1H. The number of aryl methyl sites for hydroxylation is 1. The molecule has 1 aromatic rings. The van der Waals surface area contributed by atoms with Crippen LogP contribution in [0.1, 0.15) is 43.8 Å². The highest BCUT2D eigenvalue weighted by molar-refractivity contribution is 14.0. The van der Waals surface area contributed by atoms with Crippen LogP contribution in [-0.4, -0.2) is 46.5 Å². The van der Waals surface area contributed by atoms with Crippen molar-refractivity contribution in [2.24, 2.45) is 23.4 Å². The molecule has 2 N–H and O–H groups in total. The van der Waals surface area contributed by atoms with Gasteiger partial charge in [0.25, 0.3) is 0 Å². The summed E-state index contributed by atoms with van der Waals surface area (Å²) in [6.45, 7) is 3.50. The van der Waals surface area contributed by atoms with Gasteiger partial charge in [0.1, 0.15) is 5.82 Å². The molecule has 0 bridgehead atoms. The van der Waals surface area contributed by atoms with Crippen LogP contribution in [0, 0.1) is 18.3 Å². The molecule has 0 aromatic carbocycles. The number of ether oxygens (including phenoxy) is 1. The Hall–Kier alpha value is -0.900. The van der Waals surface area contributed by atoms with Crippen molar-refractivity contribution >= 4 is 29.9 Å². The lowest BCUT2D eigenvalue weighted by Crippen LogP contribution is -2.69. The Bertz CT molecular complexity index is 639. The van der Waals surface area contributed by atoms with E-state index in [1.807, 2.05) is 25.6 Å². The molecule has 4 rings (SSSR count). The molecule has 8 heteroatoms. The normalized spacial score (nSPS) is 29.9. The van der Waals surface area contributed by atoms with E-state index in [2.05, 4.69) is 25.8 Å². The molecule has 2 aliphatic carbocycles. The summed E-state index contributed by atoms with van der Waals surface area (Å²) in [5.74, 6) is 3.34. The van der Waals surface area contributed by atoms with E-state index < -0.39 is 0 Å². The summed E-state index contributed by atoms with van der Waals surface area (Å²) >= 11 is 0. The number of nitrogens with zero attached hydrogens (tertiary/aromatic N) is 4. The first-order valence-electron chi connectivity index (χ1n) is 9.09. The van der Waals surface area contributed by atoms with Crippen molar-refractivity contribution in [1.29, 1.82) is 0 Å². The number of nitrogens with one attached hydrogen (secondary N) is 2. The lowest BCUT2D eigenvalue weighted by Gasteiger charge is -2.57. The minimum atomic E-state index is 0. The summed E-state index contributed by atoms with van der Waals surface area (Å²) < 4.78 is 8.06. The molecule has 0 amide bonds. The molecule has 3 atom stereocenters. The van der Waals surface area contributed by atoms with Crippen LogP contribution in [-0.2, 0) is 18.3 Å². The van der Waals surface area contributed by atoms with E-state index in [9.17, 15) is 0 Å². The van der Waals surface area contributed by atoms with Crippen molar-refractivity contribution in [1.82, 2.24) is 25.4 Å². The maximum absolute atomic E-state index is 6.06. The smallest absolute Gasteiger partial charge is 0.191 e. The number of halogens is 1. The fraction of sp³-hybridized carbons (Fsp3) is 0.824. The van der Waals surface area contributed by atoms with Crippen molar-refractivity contribution in [2.75, 3.05) is 13.7 Å². The maximum atomic E-state index is 6.06. The summed E-state index contributed by atoms with van der Waals surface area (Å²) in [4.78, 5) is 4.43. The van der Waals surface area contributed by atoms with Crippen LogP contribution in [0.4, 0.5) is 0 Å². The molecular formula is C17H29IN6O. The van der Waals surface area contributed by atoms with E-state index in [4.69, 9.17) is 4.74 Å².